The Hall–Kier alpha value is -1.43. The molecular weight excluding hydrogens is 190 g/mol. The van der Waals surface area contributed by atoms with Crippen LogP contribution in [-0.4, -0.2) is 27.4 Å². The number of carbonyl (C=O) groups excluding carboxylic acids is 1. The summed E-state index contributed by atoms with van der Waals surface area (Å²) < 4.78 is 0.828. The minimum Gasteiger partial charge on any atom is -0.426 e. The molecule has 0 atom stereocenters. The van der Waals surface area contributed by atoms with Crippen molar-refractivity contribution in [3.05, 3.63) is 22.7 Å². The van der Waals surface area contributed by atoms with Crippen molar-refractivity contribution in [3.8, 4) is 0 Å². The topological polar surface area (TPSA) is 67.2 Å². The quantitative estimate of drug-likeness (QED) is 0.540. The van der Waals surface area contributed by atoms with E-state index in [0.717, 1.165) is 6.33 Å². The van der Waals surface area contributed by atoms with Gasteiger partial charge in [-0.25, -0.2) is 4.98 Å². The summed E-state index contributed by atoms with van der Waals surface area (Å²) in [4.78, 5) is 14.9. The van der Waals surface area contributed by atoms with Gasteiger partial charge >= 0.3 is 0 Å². The predicted octanol–water partition coefficient (Wildman–Crippen LogP) is 0.600. The van der Waals surface area contributed by atoms with E-state index in [1.54, 1.807) is 0 Å². The summed E-state index contributed by atoms with van der Waals surface area (Å²) in [5.41, 5.74) is 0.206. The molecule has 0 saturated heterocycles. The molecule has 1 aromatic heterocycles. The van der Waals surface area contributed by atoms with Gasteiger partial charge in [0, 0.05) is 12.6 Å². The average Bonchev–Trinajstić information content (AvgIpc) is 2.10. The molecule has 0 aliphatic rings. The summed E-state index contributed by atoms with van der Waals surface area (Å²) in [6.07, 6.45) is 1.09. The Labute approximate surface area is 80.0 Å². The molecule has 1 aromatic rings. The largest absolute Gasteiger partial charge is 0.426 e. The molecule has 6 heteroatoms. The SMILES string of the molecule is CCNC(=O)c1cc(=S)n(O)cn1. The van der Waals surface area contributed by atoms with Crippen LogP contribution in [-0.2, 0) is 0 Å². The summed E-state index contributed by atoms with van der Waals surface area (Å²) in [6.45, 7) is 2.34. The van der Waals surface area contributed by atoms with E-state index >= 15 is 0 Å². The van der Waals surface area contributed by atoms with E-state index in [-0.39, 0.29) is 16.2 Å². The molecule has 0 aliphatic heterocycles. The van der Waals surface area contributed by atoms with Crippen LogP contribution in [0.4, 0.5) is 0 Å². The van der Waals surface area contributed by atoms with E-state index in [0.29, 0.717) is 11.3 Å². The van der Waals surface area contributed by atoms with Gasteiger partial charge in [-0.1, -0.05) is 12.2 Å². The zero-order chi connectivity index (χ0) is 9.84. The Bertz CT molecular complexity index is 374. The Kier molecular flexibility index (Phi) is 2.97. The second kappa shape index (κ2) is 3.99. The molecule has 70 valence electrons. The summed E-state index contributed by atoms with van der Waals surface area (Å²) in [7, 11) is 0. The minimum absolute atomic E-state index is 0.149. The van der Waals surface area contributed by atoms with Crippen LogP contribution in [0.15, 0.2) is 12.4 Å². The van der Waals surface area contributed by atoms with Crippen LogP contribution in [0.25, 0.3) is 0 Å². The molecule has 0 aliphatic carbocycles. The van der Waals surface area contributed by atoms with Crippen molar-refractivity contribution >= 4 is 18.1 Å². The predicted molar refractivity (Wildman–Crippen MR) is 48.3 cm³/mol. The highest BCUT2D eigenvalue weighted by Crippen LogP contribution is 1.95. The standard InChI is InChI=1S/C7H9N3O2S/c1-2-8-7(11)5-3-6(13)10(12)4-9-5/h3-4,12H,2H2,1H3,(H,8,11). The minimum atomic E-state index is -0.297. The third kappa shape index (κ3) is 2.25. The fourth-order valence-electron chi connectivity index (χ4n) is 0.769. The maximum atomic E-state index is 11.2. The molecule has 13 heavy (non-hydrogen) atoms. The van der Waals surface area contributed by atoms with Crippen LogP contribution in [0.5, 0.6) is 0 Å². The first-order valence-corrected chi connectivity index (χ1v) is 4.12. The summed E-state index contributed by atoms with van der Waals surface area (Å²) in [5.74, 6) is -0.297. The third-order valence-corrected chi connectivity index (χ3v) is 1.67. The maximum absolute atomic E-state index is 11.2. The second-order valence-corrected chi connectivity index (χ2v) is 2.73. The van der Waals surface area contributed by atoms with Crippen LogP contribution >= 0.6 is 12.2 Å². The van der Waals surface area contributed by atoms with Crippen molar-refractivity contribution in [1.82, 2.24) is 15.0 Å². The van der Waals surface area contributed by atoms with Crippen LogP contribution in [0.3, 0.4) is 0 Å². The first-order chi connectivity index (χ1) is 6.15. The van der Waals surface area contributed by atoms with Crippen molar-refractivity contribution in [2.24, 2.45) is 0 Å². The normalized spacial score (nSPS) is 9.62. The van der Waals surface area contributed by atoms with Gasteiger partial charge < -0.3 is 10.5 Å². The van der Waals surface area contributed by atoms with Gasteiger partial charge in [-0.2, -0.15) is 4.73 Å². The van der Waals surface area contributed by atoms with Crippen molar-refractivity contribution in [1.29, 1.82) is 0 Å². The number of nitrogens with one attached hydrogen (secondary N) is 1. The zero-order valence-electron chi connectivity index (χ0n) is 7.02. The van der Waals surface area contributed by atoms with Gasteiger partial charge in [-0.15, -0.1) is 0 Å². The number of hydrogen-bond donors (Lipinski definition) is 2. The molecule has 0 saturated carbocycles. The second-order valence-electron chi connectivity index (χ2n) is 2.32. The van der Waals surface area contributed by atoms with Gasteiger partial charge in [0.05, 0.1) is 0 Å². The van der Waals surface area contributed by atoms with Crippen molar-refractivity contribution in [2.45, 2.75) is 6.92 Å². The lowest BCUT2D eigenvalue weighted by Crippen LogP contribution is -2.24. The van der Waals surface area contributed by atoms with Crippen LogP contribution < -0.4 is 5.32 Å². The van der Waals surface area contributed by atoms with E-state index in [1.165, 1.54) is 6.07 Å². The number of amides is 1. The van der Waals surface area contributed by atoms with Gasteiger partial charge in [0.1, 0.15) is 16.7 Å². The number of carbonyl (C=O) groups is 1. The fourth-order valence-corrected chi connectivity index (χ4v) is 0.928. The molecule has 0 unspecified atom stereocenters. The molecule has 0 bridgehead atoms. The van der Waals surface area contributed by atoms with E-state index in [9.17, 15) is 4.79 Å². The van der Waals surface area contributed by atoms with Crippen molar-refractivity contribution in [3.63, 3.8) is 0 Å². The van der Waals surface area contributed by atoms with Gasteiger partial charge in [-0.3, -0.25) is 4.79 Å². The average molecular weight is 199 g/mol. The van der Waals surface area contributed by atoms with Gasteiger partial charge in [-0.05, 0) is 6.92 Å². The zero-order valence-corrected chi connectivity index (χ0v) is 7.84. The number of rotatable bonds is 2. The molecule has 1 rings (SSSR count). The molecule has 1 amide bonds. The lowest BCUT2D eigenvalue weighted by molar-refractivity contribution is 0.0948. The van der Waals surface area contributed by atoms with Crippen LogP contribution in [0, 0.1) is 4.64 Å². The van der Waals surface area contributed by atoms with Crippen molar-refractivity contribution in [2.75, 3.05) is 6.54 Å². The van der Waals surface area contributed by atoms with Gasteiger partial charge in [0.25, 0.3) is 5.91 Å². The monoisotopic (exact) mass is 199 g/mol. The maximum Gasteiger partial charge on any atom is 0.270 e. The smallest absolute Gasteiger partial charge is 0.270 e. The van der Waals surface area contributed by atoms with E-state index in [2.05, 4.69) is 10.3 Å². The fraction of sp³-hybridized carbons (Fsp3) is 0.286. The van der Waals surface area contributed by atoms with Crippen LogP contribution in [0.2, 0.25) is 0 Å². The molecule has 0 aromatic carbocycles. The van der Waals surface area contributed by atoms with E-state index < -0.39 is 0 Å². The first-order valence-electron chi connectivity index (χ1n) is 3.71. The summed E-state index contributed by atoms with van der Waals surface area (Å²) in [6, 6.07) is 1.33. The van der Waals surface area contributed by atoms with Crippen LogP contribution in [0.1, 0.15) is 17.4 Å². The Morgan fingerprint density at radius 3 is 3.08 bits per heavy atom. The van der Waals surface area contributed by atoms with E-state index in [4.69, 9.17) is 17.4 Å². The molecule has 5 nitrogen and oxygen atoms in total. The molecule has 1 heterocycles. The molecule has 0 fully saturated rings. The molecular formula is C7H9N3O2S. The molecule has 0 spiro atoms. The van der Waals surface area contributed by atoms with Gasteiger partial charge in [0.15, 0.2) is 0 Å². The Morgan fingerprint density at radius 1 is 1.85 bits per heavy atom. The highest BCUT2D eigenvalue weighted by atomic mass is 32.1. The number of nitrogens with zero attached hydrogens (tertiary/aromatic N) is 2. The Balaban J connectivity index is 2.97. The highest BCUT2D eigenvalue weighted by Gasteiger charge is 2.05. The summed E-state index contributed by atoms with van der Waals surface area (Å²) >= 11 is 4.74. The van der Waals surface area contributed by atoms with Crippen molar-refractivity contribution < 1.29 is 10.0 Å². The summed E-state index contributed by atoms with van der Waals surface area (Å²) in [5, 5.41) is 11.5. The molecule has 2 N–H and O–H groups in total. The Morgan fingerprint density at radius 2 is 2.54 bits per heavy atom. The number of aromatic nitrogens is 2. The lowest BCUT2D eigenvalue weighted by atomic mass is 10.4. The third-order valence-electron chi connectivity index (χ3n) is 1.36. The first kappa shape index (κ1) is 9.66. The van der Waals surface area contributed by atoms with E-state index in [1.807, 2.05) is 6.92 Å². The highest BCUT2D eigenvalue weighted by molar-refractivity contribution is 7.71. The molecule has 0 radical (unpaired) electrons. The lowest BCUT2D eigenvalue weighted by Gasteiger charge is -2.01. The number of hydrogen-bond acceptors (Lipinski definition) is 4. The van der Waals surface area contributed by atoms with Gasteiger partial charge in [0.2, 0.25) is 0 Å².